The van der Waals surface area contributed by atoms with E-state index in [-0.39, 0.29) is 5.91 Å². The molecule has 0 radical (unpaired) electrons. The number of benzene rings is 1. The van der Waals surface area contributed by atoms with E-state index in [2.05, 4.69) is 4.98 Å². The van der Waals surface area contributed by atoms with Gasteiger partial charge in [0.05, 0.1) is 17.8 Å². The van der Waals surface area contributed by atoms with Crippen LogP contribution in [-0.4, -0.2) is 28.9 Å². The van der Waals surface area contributed by atoms with Gasteiger partial charge in [0.15, 0.2) is 0 Å². The van der Waals surface area contributed by atoms with Crippen molar-refractivity contribution in [2.45, 2.75) is 32.4 Å². The van der Waals surface area contributed by atoms with Gasteiger partial charge in [-0.1, -0.05) is 12.1 Å². The van der Waals surface area contributed by atoms with E-state index >= 15 is 0 Å². The van der Waals surface area contributed by atoms with E-state index in [4.69, 9.17) is 4.74 Å². The molecular weight excluding hydrogens is 308 g/mol. The predicted molar refractivity (Wildman–Crippen MR) is 92.5 cm³/mol. The predicted octanol–water partition coefficient (Wildman–Crippen LogP) is 3.66. The van der Waals surface area contributed by atoms with Gasteiger partial charge in [0.2, 0.25) is 5.91 Å². The minimum atomic E-state index is 0.0500. The highest BCUT2D eigenvalue weighted by atomic mass is 32.1. The van der Waals surface area contributed by atoms with Crippen molar-refractivity contribution >= 4 is 23.3 Å². The number of carbonyl (C=O) groups is 1. The maximum Gasteiger partial charge on any atom is 0.247 e. The number of methoxy groups -OCH3 is 1. The summed E-state index contributed by atoms with van der Waals surface area (Å²) in [6.07, 6.45) is 5.61. The molecule has 1 aromatic heterocycles. The Morgan fingerprint density at radius 1 is 1.39 bits per heavy atom. The first-order valence-corrected chi connectivity index (χ1v) is 8.57. The highest BCUT2D eigenvalue weighted by Crippen LogP contribution is 2.29. The quantitative estimate of drug-likeness (QED) is 0.760. The molecule has 0 saturated heterocycles. The smallest absolute Gasteiger partial charge is 0.247 e. The van der Waals surface area contributed by atoms with Gasteiger partial charge in [-0.3, -0.25) is 4.79 Å². The van der Waals surface area contributed by atoms with Crippen molar-refractivity contribution in [3.05, 3.63) is 52.0 Å². The normalized spacial score (nSPS) is 14.2. The summed E-state index contributed by atoms with van der Waals surface area (Å²) in [5, 5.41) is 2.97. The van der Waals surface area contributed by atoms with Gasteiger partial charge in [0.25, 0.3) is 0 Å². The molecule has 1 fully saturated rings. The molecule has 0 bridgehead atoms. The Labute approximate surface area is 140 Å². The second-order valence-electron chi connectivity index (χ2n) is 5.67. The van der Waals surface area contributed by atoms with E-state index in [9.17, 15) is 4.79 Å². The van der Waals surface area contributed by atoms with Gasteiger partial charge in [-0.25, -0.2) is 4.98 Å². The number of amides is 1. The van der Waals surface area contributed by atoms with Crippen LogP contribution in [0.25, 0.3) is 6.08 Å². The second-order valence-corrected chi connectivity index (χ2v) is 6.73. The van der Waals surface area contributed by atoms with Gasteiger partial charge < -0.3 is 9.64 Å². The number of aryl methyl sites for hydroxylation is 1. The van der Waals surface area contributed by atoms with Gasteiger partial charge in [0.1, 0.15) is 5.75 Å². The van der Waals surface area contributed by atoms with Crippen LogP contribution in [0.1, 0.15) is 29.1 Å². The Morgan fingerprint density at radius 2 is 2.13 bits per heavy atom. The molecule has 4 nitrogen and oxygen atoms in total. The number of nitrogens with zero attached hydrogens (tertiary/aromatic N) is 2. The summed E-state index contributed by atoms with van der Waals surface area (Å²) in [5.74, 6) is 0.880. The Kier molecular flexibility index (Phi) is 4.76. The fraction of sp³-hybridized carbons (Fsp3) is 0.333. The zero-order valence-corrected chi connectivity index (χ0v) is 14.2. The third kappa shape index (κ3) is 4.20. The molecule has 1 aliphatic rings. The Balaban J connectivity index is 1.68. The molecule has 0 unspecified atom stereocenters. The molecule has 1 saturated carbocycles. The molecule has 5 heteroatoms. The SMILES string of the molecule is COc1ccc(CN(C(=O)/C=C/c2csc(C)n2)C2CC2)cc1. The Hall–Kier alpha value is -2.14. The number of carbonyl (C=O) groups excluding carboxylic acids is 1. The molecule has 3 rings (SSSR count). The third-order valence-electron chi connectivity index (χ3n) is 3.82. The fourth-order valence-corrected chi connectivity index (χ4v) is 2.99. The highest BCUT2D eigenvalue weighted by molar-refractivity contribution is 7.09. The van der Waals surface area contributed by atoms with Crippen LogP contribution in [0.15, 0.2) is 35.7 Å². The summed E-state index contributed by atoms with van der Waals surface area (Å²) in [6, 6.07) is 8.24. The number of rotatable bonds is 6. The van der Waals surface area contributed by atoms with Gasteiger partial charge in [0, 0.05) is 24.0 Å². The molecule has 1 aliphatic carbocycles. The van der Waals surface area contributed by atoms with E-state index in [0.29, 0.717) is 12.6 Å². The van der Waals surface area contributed by atoms with Crippen molar-refractivity contribution in [1.29, 1.82) is 0 Å². The van der Waals surface area contributed by atoms with Crippen molar-refractivity contribution in [3.8, 4) is 5.75 Å². The summed E-state index contributed by atoms with van der Waals surface area (Å²) >= 11 is 1.59. The average Bonchev–Trinajstić information content (AvgIpc) is 3.32. The standard InChI is InChI=1S/C18H20N2O2S/c1-13-19-15(12-23-13)5-10-18(21)20(16-6-7-16)11-14-3-8-17(22-2)9-4-14/h3-5,8-10,12,16H,6-7,11H2,1-2H3/b10-5+. The number of hydrogen-bond acceptors (Lipinski definition) is 4. The lowest BCUT2D eigenvalue weighted by Gasteiger charge is -2.21. The van der Waals surface area contributed by atoms with E-state index in [1.165, 1.54) is 0 Å². The molecule has 0 atom stereocenters. The summed E-state index contributed by atoms with van der Waals surface area (Å²) in [6.45, 7) is 2.60. The maximum absolute atomic E-state index is 12.5. The van der Waals surface area contributed by atoms with Gasteiger partial charge in [-0.15, -0.1) is 11.3 Å². The van der Waals surface area contributed by atoms with Crippen LogP contribution in [0.2, 0.25) is 0 Å². The molecular formula is C18H20N2O2S. The third-order valence-corrected chi connectivity index (χ3v) is 4.61. The van der Waals surface area contributed by atoms with Crippen LogP contribution < -0.4 is 4.74 Å². The monoisotopic (exact) mass is 328 g/mol. The topological polar surface area (TPSA) is 42.4 Å². The summed E-state index contributed by atoms with van der Waals surface area (Å²) < 4.78 is 5.17. The Morgan fingerprint density at radius 3 is 2.70 bits per heavy atom. The number of aromatic nitrogens is 1. The number of ether oxygens (including phenoxy) is 1. The number of thiazole rings is 1. The Bertz CT molecular complexity index is 702. The van der Waals surface area contributed by atoms with Gasteiger partial charge >= 0.3 is 0 Å². The van der Waals surface area contributed by atoms with E-state index in [0.717, 1.165) is 34.9 Å². The fourth-order valence-electron chi connectivity index (χ4n) is 2.41. The van der Waals surface area contributed by atoms with Crippen molar-refractivity contribution in [1.82, 2.24) is 9.88 Å². The first kappa shape index (κ1) is 15.7. The van der Waals surface area contributed by atoms with Gasteiger partial charge in [-0.2, -0.15) is 0 Å². The van der Waals surface area contributed by atoms with Crippen LogP contribution in [0, 0.1) is 6.92 Å². The van der Waals surface area contributed by atoms with Crippen LogP contribution in [-0.2, 0) is 11.3 Å². The van der Waals surface area contributed by atoms with Crippen LogP contribution in [0.3, 0.4) is 0 Å². The largest absolute Gasteiger partial charge is 0.497 e. The first-order chi connectivity index (χ1) is 11.2. The molecule has 0 spiro atoms. The zero-order chi connectivity index (χ0) is 16.2. The molecule has 0 N–H and O–H groups in total. The van der Waals surface area contributed by atoms with Crippen LogP contribution >= 0.6 is 11.3 Å². The molecule has 120 valence electrons. The van der Waals surface area contributed by atoms with Crippen LogP contribution in [0.4, 0.5) is 0 Å². The van der Waals surface area contributed by atoms with E-state index in [1.54, 1.807) is 30.6 Å². The lowest BCUT2D eigenvalue weighted by atomic mass is 10.2. The summed E-state index contributed by atoms with van der Waals surface area (Å²) in [5.41, 5.74) is 1.96. The molecule has 1 aromatic carbocycles. The lowest BCUT2D eigenvalue weighted by molar-refractivity contribution is -0.127. The van der Waals surface area contributed by atoms with Crippen molar-refractivity contribution in [2.24, 2.45) is 0 Å². The lowest BCUT2D eigenvalue weighted by Crippen LogP contribution is -2.31. The average molecular weight is 328 g/mol. The van der Waals surface area contributed by atoms with Crippen molar-refractivity contribution in [3.63, 3.8) is 0 Å². The zero-order valence-electron chi connectivity index (χ0n) is 13.4. The highest BCUT2D eigenvalue weighted by Gasteiger charge is 2.31. The minimum absolute atomic E-state index is 0.0500. The minimum Gasteiger partial charge on any atom is -0.497 e. The molecule has 1 amide bonds. The molecule has 0 aliphatic heterocycles. The molecule has 23 heavy (non-hydrogen) atoms. The van der Waals surface area contributed by atoms with E-state index < -0.39 is 0 Å². The van der Waals surface area contributed by atoms with Crippen molar-refractivity contribution in [2.75, 3.05) is 7.11 Å². The molecule has 2 aromatic rings. The van der Waals surface area contributed by atoms with Gasteiger partial charge in [-0.05, 0) is 43.5 Å². The van der Waals surface area contributed by atoms with E-state index in [1.807, 2.05) is 41.5 Å². The summed E-state index contributed by atoms with van der Waals surface area (Å²) in [7, 11) is 1.65. The first-order valence-electron chi connectivity index (χ1n) is 7.69. The molecule has 1 heterocycles. The van der Waals surface area contributed by atoms with Crippen LogP contribution in [0.5, 0.6) is 5.75 Å². The van der Waals surface area contributed by atoms with Crippen molar-refractivity contribution < 1.29 is 9.53 Å². The number of hydrogen-bond donors (Lipinski definition) is 0. The summed E-state index contributed by atoms with van der Waals surface area (Å²) in [4.78, 5) is 18.8. The second kappa shape index (κ2) is 6.96. The maximum atomic E-state index is 12.5.